The van der Waals surface area contributed by atoms with E-state index in [2.05, 4.69) is 0 Å². The molecule has 1 aromatic rings. The van der Waals surface area contributed by atoms with Crippen LogP contribution in [0.2, 0.25) is 10.0 Å². The largest absolute Gasteiger partial charge is 0.489 e. The van der Waals surface area contributed by atoms with Crippen molar-refractivity contribution in [2.24, 2.45) is 11.1 Å². The lowest BCUT2D eigenvalue weighted by Crippen LogP contribution is -2.54. The summed E-state index contributed by atoms with van der Waals surface area (Å²) in [5.74, 6) is 0.814. The van der Waals surface area contributed by atoms with Crippen LogP contribution in [0.4, 0.5) is 0 Å². The topological polar surface area (TPSA) is 64.8 Å². The molecule has 1 amide bonds. The Bertz CT molecular complexity index is 620. The van der Waals surface area contributed by atoms with Crippen molar-refractivity contribution in [1.29, 1.82) is 0 Å². The summed E-state index contributed by atoms with van der Waals surface area (Å²) in [6.45, 7) is 2.88. The van der Waals surface area contributed by atoms with Crippen LogP contribution in [0.25, 0.3) is 0 Å². The number of benzene rings is 1. The lowest BCUT2D eigenvalue weighted by molar-refractivity contribution is -0.149. The zero-order chi connectivity index (χ0) is 17.9. The van der Waals surface area contributed by atoms with Crippen molar-refractivity contribution in [3.05, 3.63) is 28.2 Å². The van der Waals surface area contributed by atoms with E-state index in [0.29, 0.717) is 54.9 Å². The van der Waals surface area contributed by atoms with E-state index in [4.69, 9.17) is 38.4 Å². The number of nitrogens with zero attached hydrogens (tertiary/aromatic N) is 1. The first-order chi connectivity index (χ1) is 12.0. The molecule has 2 fully saturated rings. The number of carbonyl (C=O) groups is 1. The summed E-state index contributed by atoms with van der Waals surface area (Å²) in [4.78, 5) is 15.0. The maximum Gasteiger partial charge on any atom is 0.230 e. The summed E-state index contributed by atoms with van der Waals surface area (Å²) in [5.41, 5.74) is 5.49. The van der Waals surface area contributed by atoms with E-state index in [1.807, 2.05) is 4.90 Å². The lowest BCUT2D eigenvalue weighted by atomic mass is 9.78. The third-order valence-electron chi connectivity index (χ3n) is 5.15. The third kappa shape index (κ3) is 4.22. The summed E-state index contributed by atoms with van der Waals surface area (Å²) >= 11 is 12.0. The Morgan fingerprint density at radius 2 is 2.08 bits per heavy atom. The van der Waals surface area contributed by atoms with Gasteiger partial charge < -0.3 is 20.1 Å². The van der Waals surface area contributed by atoms with Crippen molar-refractivity contribution in [2.75, 3.05) is 32.8 Å². The van der Waals surface area contributed by atoms with Crippen molar-refractivity contribution >= 4 is 29.1 Å². The highest BCUT2D eigenvalue weighted by Gasteiger charge is 2.42. The van der Waals surface area contributed by atoms with Gasteiger partial charge in [-0.15, -0.1) is 0 Å². The van der Waals surface area contributed by atoms with Gasteiger partial charge in [0.1, 0.15) is 11.9 Å². The fourth-order valence-corrected chi connectivity index (χ4v) is 3.85. The van der Waals surface area contributed by atoms with E-state index < -0.39 is 5.41 Å². The summed E-state index contributed by atoms with van der Waals surface area (Å²) < 4.78 is 11.4. The molecule has 2 N–H and O–H groups in total. The van der Waals surface area contributed by atoms with E-state index in [0.717, 1.165) is 19.4 Å². The summed E-state index contributed by atoms with van der Waals surface area (Å²) in [5, 5.41) is 0.964. The van der Waals surface area contributed by atoms with E-state index in [-0.39, 0.29) is 12.0 Å². The van der Waals surface area contributed by atoms with Crippen LogP contribution in [0.5, 0.6) is 5.75 Å². The Kier molecular flexibility index (Phi) is 6.10. The second-order valence-corrected chi connectivity index (χ2v) is 7.62. The number of carbonyl (C=O) groups excluding carboxylic acids is 1. The summed E-state index contributed by atoms with van der Waals surface area (Å²) in [6.07, 6.45) is 3.15. The molecule has 0 spiro atoms. The molecule has 0 radical (unpaired) electrons. The minimum atomic E-state index is -0.482. The molecule has 0 aromatic heterocycles. The second-order valence-electron chi connectivity index (χ2n) is 6.81. The zero-order valence-electron chi connectivity index (χ0n) is 14.2. The molecule has 2 heterocycles. The van der Waals surface area contributed by atoms with Crippen LogP contribution in [0.1, 0.15) is 25.7 Å². The van der Waals surface area contributed by atoms with Gasteiger partial charge in [-0.3, -0.25) is 4.79 Å². The molecular formula is C18H24Cl2N2O3. The normalized spacial score (nSPS) is 23.3. The van der Waals surface area contributed by atoms with Crippen LogP contribution in [-0.2, 0) is 9.53 Å². The number of nitrogens with two attached hydrogens (primary N) is 1. The molecule has 138 valence electrons. The van der Waals surface area contributed by atoms with E-state index in [1.165, 1.54) is 0 Å². The number of likely N-dealkylation sites (tertiary alicyclic amines) is 1. The molecule has 1 aromatic carbocycles. The summed E-state index contributed by atoms with van der Waals surface area (Å²) in [6, 6.07) is 5.23. The molecule has 25 heavy (non-hydrogen) atoms. The van der Waals surface area contributed by atoms with Gasteiger partial charge in [-0.25, -0.2) is 0 Å². The number of halogens is 2. The Labute approximate surface area is 158 Å². The summed E-state index contributed by atoms with van der Waals surface area (Å²) in [7, 11) is 0. The van der Waals surface area contributed by atoms with Crippen molar-refractivity contribution in [1.82, 2.24) is 4.90 Å². The molecule has 0 aliphatic carbocycles. The predicted molar refractivity (Wildman–Crippen MR) is 98.2 cm³/mol. The fraction of sp³-hybridized carbons (Fsp3) is 0.611. The SMILES string of the molecule is NCC1(C(=O)N2CCCC(Oc3ccc(Cl)c(Cl)c3)C2)CCOCC1. The first-order valence-corrected chi connectivity index (χ1v) is 9.48. The molecule has 5 nitrogen and oxygen atoms in total. The van der Waals surface area contributed by atoms with Gasteiger partial charge in [0.05, 0.1) is 22.0 Å². The molecule has 1 atom stereocenters. The van der Waals surface area contributed by atoms with Crippen LogP contribution in [0, 0.1) is 5.41 Å². The van der Waals surface area contributed by atoms with E-state index in [9.17, 15) is 4.79 Å². The molecule has 2 aliphatic rings. The second kappa shape index (κ2) is 8.12. The van der Waals surface area contributed by atoms with Gasteiger partial charge in [-0.1, -0.05) is 23.2 Å². The highest BCUT2D eigenvalue weighted by atomic mass is 35.5. The third-order valence-corrected chi connectivity index (χ3v) is 5.89. The van der Waals surface area contributed by atoms with Crippen LogP contribution in [-0.4, -0.2) is 49.8 Å². The maximum atomic E-state index is 13.1. The maximum absolute atomic E-state index is 13.1. The first kappa shape index (κ1) is 18.8. The molecule has 0 saturated carbocycles. The number of amides is 1. The number of ether oxygens (including phenoxy) is 2. The predicted octanol–water partition coefficient (Wildman–Crippen LogP) is 3.12. The Morgan fingerprint density at radius 1 is 1.32 bits per heavy atom. The van der Waals surface area contributed by atoms with Gasteiger partial charge in [0, 0.05) is 32.4 Å². The van der Waals surface area contributed by atoms with Crippen molar-refractivity contribution in [3.8, 4) is 5.75 Å². The monoisotopic (exact) mass is 386 g/mol. The zero-order valence-corrected chi connectivity index (χ0v) is 15.7. The molecule has 2 saturated heterocycles. The van der Waals surface area contributed by atoms with Crippen LogP contribution in [0.15, 0.2) is 18.2 Å². The fourth-order valence-electron chi connectivity index (χ4n) is 3.56. The number of piperidine rings is 1. The smallest absolute Gasteiger partial charge is 0.230 e. The Hall–Kier alpha value is -1.01. The Balaban J connectivity index is 1.65. The first-order valence-electron chi connectivity index (χ1n) is 8.73. The van der Waals surface area contributed by atoms with Gasteiger partial charge in [-0.2, -0.15) is 0 Å². The van der Waals surface area contributed by atoms with Gasteiger partial charge in [0.25, 0.3) is 0 Å². The van der Waals surface area contributed by atoms with Crippen LogP contribution >= 0.6 is 23.2 Å². The minimum absolute atomic E-state index is 0.0513. The van der Waals surface area contributed by atoms with E-state index >= 15 is 0 Å². The number of hydrogen-bond acceptors (Lipinski definition) is 4. The Morgan fingerprint density at radius 3 is 2.76 bits per heavy atom. The van der Waals surface area contributed by atoms with Crippen molar-refractivity contribution < 1.29 is 14.3 Å². The van der Waals surface area contributed by atoms with Crippen LogP contribution < -0.4 is 10.5 Å². The standard InChI is InChI=1S/C18H24Cl2N2O3/c19-15-4-3-13(10-16(15)20)25-14-2-1-7-22(11-14)17(23)18(12-21)5-8-24-9-6-18/h3-4,10,14H,1-2,5-9,11-12,21H2. The molecule has 3 rings (SSSR count). The van der Waals surface area contributed by atoms with Gasteiger partial charge >= 0.3 is 0 Å². The molecular weight excluding hydrogens is 363 g/mol. The van der Waals surface area contributed by atoms with Gasteiger partial charge in [0.15, 0.2) is 0 Å². The number of hydrogen-bond donors (Lipinski definition) is 1. The van der Waals surface area contributed by atoms with Crippen molar-refractivity contribution in [3.63, 3.8) is 0 Å². The van der Waals surface area contributed by atoms with Crippen molar-refractivity contribution in [2.45, 2.75) is 31.8 Å². The molecule has 0 bridgehead atoms. The van der Waals surface area contributed by atoms with Gasteiger partial charge in [-0.05, 0) is 37.8 Å². The minimum Gasteiger partial charge on any atom is -0.489 e. The van der Waals surface area contributed by atoms with Crippen LogP contribution in [0.3, 0.4) is 0 Å². The highest BCUT2D eigenvalue weighted by molar-refractivity contribution is 6.42. The van der Waals surface area contributed by atoms with E-state index in [1.54, 1.807) is 18.2 Å². The van der Waals surface area contributed by atoms with Gasteiger partial charge in [0.2, 0.25) is 5.91 Å². The highest BCUT2D eigenvalue weighted by Crippen LogP contribution is 2.33. The molecule has 7 heteroatoms. The lowest BCUT2D eigenvalue weighted by Gasteiger charge is -2.41. The average Bonchev–Trinajstić information content (AvgIpc) is 2.65. The average molecular weight is 387 g/mol. The molecule has 2 aliphatic heterocycles. The quantitative estimate of drug-likeness (QED) is 0.862. The molecule has 1 unspecified atom stereocenters. The number of rotatable bonds is 4.